The molecular weight excluding hydrogens is 166 g/mol. The van der Waals surface area contributed by atoms with E-state index < -0.39 is 0 Å². The quantitative estimate of drug-likeness (QED) is 0.588. The SMILES string of the molecule is CCCC[C@H](C1CC1)N(C)SC. The standard InChI is InChI=1S/C10H21NS/c1-4-5-6-10(9-7-8-9)11(2)12-3/h9-10H,4-8H2,1-3H3/t10-/m1/s1. The predicted molar refractivity (Wildman–Crippen MR) is 57.3 cm³/mol. The van der Waals surface area contributed by atoms with Crippen LogP contribution >= 0.6 is 11.9 Å². The van der Waals surface area contributed by atoms with E-state index in [0.717, 1.165) is 12.0 Å². The van der Waals surface area contributed by atoms with Crippen LogP contribution in [0.1, 0.15) is 39.0 Å². The molecule has 0 aromatic heterocycles. The molecule has 72 valence electrons. The molecule has 0 unspecified atom stereocenters. The minimum Gasteiger partial charge on any atom is -0.251 e. The summed E-state index contributed by atoms with van der Waals surface area (Å²) in [6, 6.07) is 0.861. The molecule has 0 heterocycles. The van der Waals surface area contributed by atoms with E-state index in [1.54, 1.807) is 0 Å². The normalized spacial score (nSPS) is 20.0. The molecule has 0 bridgehead atoms. The summed E-state index contributed by atoms with van der Waals surface area (Å²) in [6.07, 6.45) is 9.26. The molecule has 1 aliphatic rings. The van der Waals surface area contributed by atoms with Gasteiger partial charge in [-0.25, -0.2) is 0 Å². The van der Waals surface area contributed by atoms with Gasteiger partial charge in [0.25, 0.3) is 0 Å². The summed E-state index contributed by atoms with van der Waals surface area (Å²) in [7, 11) is 2.24. The minimum atomic E-state index is 0.861. The molecule has 1 rings (SSSR count). The Morgan fingerprint density at radius 1 is 1.50 bits per heavy atom. The first kappa shape index (κ1) is 10.4. The lowest BCUT2D eigenvalue weighted by Crippen LogP contribution is -2.27. The zero-order chi connectivity index (χ0) is 8.97. The van der Waals surface area contributed by atoms with Crippen LogP contribution in [0.3, 0.4) is 0 Å². The van der Waals surface area contributed by atoms with Gasteiger partial charge in [-0.05, 0) is 38.5 Å². The van der Waals surface area contributed by atoms with Gasteiger partial charge in [0.2, 0.25) is 0 Å². The van der Waals surface area contributed by atoms with Crippen LogP contribution in [0.25, 0.3) is 0 Å². The topological polar surface area (TPSA) is 3.24 Å². The maximum absolute atomic E-state index is 2.45. The van der Waals surface area contributed by atoms with Gasteiger partial charge in [-0.1, -0.05) is 31.7 Å². The Balaban J connectivity index is 2.26. The van der Waals surface area contributed by atoms with Gasteiger partial charge in [0.1, 0.15) is 0 Å². The van der Waals surface area contributed by atoms with Crippen molar-refractivity contribution in [1.82, 2.24) is 4.31 Å². The van der Waals surface area contributed by atoms with Gasteiger partial charge in [0.05, 0.1) is 0 Å². The van der Waals surface area contributed by atoms with Crippen molar-refractivity contribution in [2.24, 2.45) is 5.92 Å². The Morgan fingerprint density at radius 3 is 2.58 bits per heavy atom. The number of hydrogen-bond acceptors (Lipinski definition) is 2. The summed E-state index contributed by atoms with van der Waals surface area (Å²) >= 11 is 1.88. The smallest absolute Gasteiger partial charge is 0.0227 e. The van der Waals surface area contributed by atoms with Crippen molar-refractivity contribution in [1.29, 1.82) is 0 Å². The summed E-state index contributed by atoms with van der Waals surface area (Å²) in [5.41, 5.74) is 0. The highest BCUT2D eigenvalue weighted by molar-refractivity contribution is 7.96. The van der Waals surface area contributed by atoms with Gasteiger partial charge < -0.3 is 0 Å². The van der Waals surface area contributed by atoms with Crippen molar-refractivity contribution in [3.8, 4) is 0 Å². The van der Waals surface area contributed by atoms with Crippen molar-refractivity contribution in [3.05, 3.63) is 0 Å². The van der Waals surface area contributed by atoms with Crippen molar-refractivity contribution < 1.29 is 0 Å². The Kier molecular flexibility index (Phi) is 4.44. The van der Waals surface area contributed by atoms with E-state index >= 15 is 0 Å². The fourth-order valence-corrected chi connectivity index (χ4v) is 2.29. The summed E-state index contributed by atoms with van der Waals surface area (Å²) < 4.78 is 2.45. The molecule has 0 aliphatic heterocycles. The van der Waals surface area contributed by atoms with Crippen LogP contribution in [0, 0.1) is 5.92 Å². The third-order valence-corrected chi connectivity index (χ3v) is 3.62. The summed E-state index contributed by atoms with van der Waals surface area (Å²) in [5, 5.41) is 0. The molecule has 0 radical (unpaired) electrons. The van der Waals surface area contributed by atoms with Crippen molar-refractivity contribution in [3.63, 3.8) is 0 Å². The van der Waals surface area contributed by atoms with Gasteiger partial charge >= 0.3 is 0 Å². The maximum atomic E-state index is 2.45. The number of unbranched alkanes of at least 4 members (excludes halogenated alkanes) is 1. The van der Waals surface area contributed by atoms with E-state index in [-0.39, 0.29) is 0 Å². The molecule has 1 fully saturated rings. The lowest BCUT2D eigenvalue weighted by atomic mass is 10.1. The molecule has 1 atom stereocenters. The molecule has 1 saturated carbocycles. The van der Waals surface area contributed by atoms with Gasteiger partial charge in [0, 0.05) is 6.04 Å². The first-order chi connectivity index (χ1) is 5.79. The third kappa shape index (κ3) is 2.98. The Bertz CT molecular complexity index is 123. The average Bonchev–Trinajstić information content (AvgIpc) is 2.88. The Morgan fingerprint density at radius 2 is 2.17 bits per heavy atom. The fourth-order valence-electron chi connectivity index (χ4n) is 1.74. The summed E-state index contributed by atoms with van der Waals surface area (Å²) in [4.78, 5) is 0. The van der Waals surface area contributed by atoms with E-state index in [9.17, 15) is 0 Å². The van der Waals surface area contributed by atoms with E-state index in [2.05, 4.69) is 24.5 Å². The largest absolute Gasteiger partial charge is 0.251 e. The lowest BCUT2D eigenvalue weighted by Gasteiger charge is -2.25. The molecule has 1 aliphatic carbocycles. The molecular formula is C10H21NS. The highest BCUT2D eigenvalue weighted by atomic mass is 32.2. The average molecular weight is 187 g/mol. The fraction of sp³-hybridized carbons (Fsp3) is 1.00. The number of rotatable bonds is 6. The Hall–Kier alpha value is 0.310. The van der Waals surface area contributed by atoms with E-state index in [4.69, 9.17) is 0 Å². The number of nitrogens with zero attached hydrogens (tertiary/aromatic N) is 1. The molecule has 12 heavy (non-hydrogen) atoms. The first-order valence-corrected chi connectivity index (χ1v) is 6.24. The summed E-state index contributed by atoms with van der Waals surface area (Å²) in [5.74, 6) is 1.02. The second-order valence-corrected chi connectivity index (χ2v) is 4.72. The van der Waals surface area contributed by atoms with Crippen molar-refractivity contribution in [2.45, 2.75) is 45.1 Å². The van der Waals surface area contributed by atoms with Crippen LogP contribution in [-0.4, -0.2) is 23.7 Å². The maximum Gasteiger partial charge on any atom is 0.0227 e. The second kappa shape index (κ2) is 5.13. The van der Waals surface area contributed by atoms with Crippen LogP contribution in [-0.2, 0) is 0 Å². The van der Waals surface area contributed by atoms with Gasteiger partial charge in [-0.15, -0.1) is 0 Å². The number of hydrogen-bond donors (Lipinski definition) is 0. The zero-order valence-corrected chi connectivity index (χ0v) is 9.36. The third-order valence-electron chi connectivity index (χ3n) is 2.77. The molecule has 1 nitrogen and oxygen atoms in total. The van der Waals surface area contributed by atoms with E-state index in [1.165, 1.54) is 32.1 Å². The monoisotopic (exact) mass is 187 g/mol. The molecule has 2 heteroatoms. The summed E-state index contributed by atoms with van der Waals surface area (Å²) in [6.45, 7) is 2.28. The minimum absolute atomic E-state index is 0.861. The lowest BCUT2D eigenvalue weighted by molar-refractivity contribution is 0.337. The van der Waals surface area contributed by atoms with Crippen molar-refractivity contribution >= 4 is 11.9 Å². The molecule has 0 N–H and O–H groups in total. The zero-order valence-electron chi connectivity index (χ0n) is 8.55. The highest BCUT2D eigenvalue weighted by Gasteiger charge is 2.32. The highest BCUT2D eigenvalue weighted by Crippen LogP contribution is 2.38. The van der Waals surface area contributed by atoms with Crippen molar-refractivity contribution in [2.75, 3.05) is 13.3 Å². The molecule has 0 amide bonds. The van der Waals surface area contributed by atoms with E-state index in [0.29, 0.717) is 0 Å². The molecule has 0 saturated heterocycles. The first-order valence-electron chi connectivity index (χ1n) is 5.06. The van der Waals surface area contributed by atoms with Crippen LogP contribution in [0.2, 0.25) is 0 Å². The van der Waals surface area contributed by atoms with Crippen LogP contribution in [0.15, 0.2) is 0 Å². The van der Waals surface area contributed by atoms with Crippen LogP contribution in [0.5, 0.6) is 0 Å². The molecule has 0 aromatic rings. The molecule has 0 spiro atoms. The van der Waals surface area contributed by atoms with Gasteiger partial charge in [-0.2, -0.15) is 0 Å². The van der Waals surface area contributed by atoms with Crippen LogP contribution < -0.4 is 0 Å². The van der Waals surface area contributed by atoms with E-state index in [1.807, 2.05) is 11.9 Å². The van der Waals surface area contributed by atoms with Gasteiger partial charge in [0.15, 0.2) is 0 Å². The van der Waals surface area contributed by atoms with Crippen LogP contribution in [0.4, 0.5) is 0 Å². The second-order valence-electron chi connectivity index (χ2n) is 3.78. The van der Waals surface area contributed by atoms with Gasteiger partial charge in [-0.3, -0.25) is 4.31 Å². The Labute approximate surface area is 81.0 Å². The predicted octanol–water partition coefficient (Wildman–Crippen LogP) is 3.17. The molecule has 0 aromatic carbocycles.